The van der Waals surface area contributed by atoms with Gasteiger partial charge in [-0.3, -0.25) is 0 Å². The van der Waals surface area contributed by atoms with Crippen LogP contribution in [-0.4, -0.2) is 25.9 Å². The average molecular weight is 265 g/mol. The normalized spacial score (nSPS) is 25.1. The molecule has 6 heteroatoms. The Morgan fingerprint density at radius 3 is 2.89 bits per heavy atom. The predicted molar refractivity (Wildman–Crippen MR) is 71.9 cm³/mol. The molecule has 2 heterocycles. The molecule has 1 saturated carbocycles. The van der Waals surface area contributed by atoms with Crippen molar-refractivity contribution < 1.29 is 0 Å². The fourth-order valence-corrected chi connectivity index (χ4v) is 3.62. The van der Waals surface area contributed by atoms with Gasteiger partial charge >= 0.3 is 0 Å². The summed E-state index contributed by atoms with van der Waals surface area (Å²) in [4.78, 5) is 0.910. The molecule has 1 fully saturated rings. The van der Waals surface area contributed by atoms with Crippen LogP contribution in [0.1, 0.15) is 62.2 Å². The molecule has 98 valence electrons. The van der Waals surface area contributed by atoms with Gasteiger partial charge < -0.3 is 5.73 Å². The van der Waals surface area contributed by atoms with Crippen molar-refractivity contribution >= 4 is 16.3 Å². The van der Waals surface area contributed by atoms with Crippen molar-refractivity contribution in [3.8, 4) is 0 Å². The minimum Gasteiger partial charge on any atom is -0.328 e. The van der Waals surface area contributed by atoms with Crippen LogP contribution in [0.5, 0.6) is 0 Å². The van der Waals surface area contributed by atoms with Gasteiger partial charge in [0, 0.05) is 17.9 Å². The number of fused-ring (bicyclic) bond motifs is 1. The van der Waals surface area contributed by atoms with Crippen LogP contribution in [0.4, 0.5) is 0 Å². The molecule has 2 aromatic heterocycles. The Kier molecular flexibility index (Phi) is 3.07. The summed E-state index contributed by atoms with van der Waals surface area (Å²) < 4.78 is 1.91. The van der Waals surface area contributed by atoms with Gasteiger partial charge in [-0.25, -0.2) is 0 Å². The van der Waals surface area contributed by atoms with E-state index in [1.54, 1.807) is 11.3 Å². The summed E-state index contributed by atoms with van der Waals surface area (Å²) in [5.74, 6) is 1.82. The maximum atomic E-state index is 6.05. The largest absolute Gasteiger partial charge is 0.328 e. The highest BCUT2D eigenvalue weighted by molar-refractivity contribution is 7.16. The molecular formula is C12H19N5S. The first-order valence-corrected chi connectivity index (χ1v) is 7.44. The van der Waals surface area contributed by atoms with Gasteiger partial charge in [0.05, 0.1) is 0 Å². The fourth-order valence-electron chi connectivity index (χ4n) is 2.62. The van der Waals surface area contributed by atoms with Crippen molar-refractivity contribution in [2.45, 2.75) is 57.4 Å². The van der Waals surface area contributed by atoms with Crippen LogP contribution >= 0.6 is 11.3 Å². The third-order valence-corrected chi connectivity index (χ3v) is 4.67. The second-order valence-electron chi connectivity index (χ2n) is 5.47. The number of hydrogen-bond donors (Lipinski definition) is 1. The molecule has 1 aliphatic carbocycles. The van der Waals surface area contributed by atoms with E-state index in [0.29, 0.717) is 17.9 Å². The summed E-state index contributed by atoms with van der Waals surface area (Å²) in [6, 6.07) is 0.336. The van der Waals surface area contributed by atoms with Gasteiger partial charge in [0.1, 0.15) is 5.01 Å². The van der Waals surface area contributed by atoms with Crippen LogP contribution in [0.3, 0.4) is 0 Å². The number of nitrogens with zero attached hydrogens (tertiary/aromatic N) is 4. The van der Waals surface area contributed by atoms with Gasteiger partial charge in [-0.1, -0.05) is 31.6 Å². The standard InChI is InChI=1S/C12H19N5S/c1-7(2)10-14-15-12-17(10)16-11(18-12)8-4-3-5-9(13)6-8/h7-9H,3-6,13H2,1-2H3. The zero-order valence-corrected chi connectivity index (χ0v) is 11.7. The van der Waals surface area contributed by atoms with E-state index in [1.807, 2.05) is 4.52 Å². The van der Waals surface area contributed by atoms with Crippen molar-refractivity contribution in [3.63, 3.8) is 0 Å². The molecule has 2 atom stereocenters. The van der Waals surface area contributed by atoms with E-state index in [9.17, 15) is 0 Å². The van der Waals surface area contributed by atoms with Crippen LogP contribution in [0, 0.1) is 0 Å². The Morgan fingerprint density at radius 1 is 1.33 bits per heavy atom. The lowest BCUT2D eigenvalue weighted by molar-refractivity contribution is 0.390. The van der Waals surface area contributed by atoms with Crippen LogP contribution in [0.15, 0.2) is 0 Å². The van der Waals surface area contributed by atoms with Crippen molar-refractivity contribution in [1.82, 2.24) is 19.8 Å². The summed E-state index contributed by atoms with van der Waals surface area (Å²) in [5, 5.41) is 14.3. The van der Waals surface area contributed by atoms with Crippen molar-refractivity contribution in [3.05, 3.63) is 10.8 Å². The van der Waals surface area contributed by atoms with Crippen LogP contribution < -0.4 is 5.73 Å². The maximum Gasteiger partial charge on any atom is 0.234 e. The Bertz CT molecular complexity index is 544. The van der Waals surface area contributed by atoms with E-state index in [0.717, 1.165) is 23.6 Å². The first-order valence-electron chi connectivity index (χ1n) is 6.62. The summed E-state index contributed by atoms with van der Waals surface area (Å²) in [5.41, 5.74) is 6.05. The highest BCUT2D eigenvalue weighted by Gasteiger charge is 2.25. The Labute approximate surface area is 110 Å². The zero-order chi connectivity index (χ0) is 12.7. The number of rotatable bonds is 2. The summed E-state index contributed by atoms with van der Waals surface area (Å²) in [6.45, 7) is 4.23. The highest BCUT2D eigenvalue weighted by atomic mass is 32.1. The maximum absolute atomic E-state index is 6.05. The van der Waals surface area contributed by atoms with Gasteiger partial charge in [-0.05, 0) is 19.3 Å². The molecule has 0 aromatic carbocycles. The molecule has 0 spiro atoms. The first kappa shape index (κ1) is 12.0. The molecule has 0 bridgehead atoms. The Morgan fingerprint density at radius 2 is 2.17 bits per heavy atom. The molecule has 0 radical (unpaired) electrons. The highest BCUT2D eigenvalue weighted by Crippen LogP contribution is 2.34. The van der Waals surface area contributed by atoms with Gasteiger partial charge in [-0.2, -0.15) is 9.61 Å². The topological polar surface area (TPSA) is 69.1 Å². The number of aromatic nitrogens is 4. The van der Waals surface area contributed by atoms with E-state index in [2.05, 4.69) is 24.0 Å². The van der Waals surface area contributed by atoms with E-state index in [1.165, 1.54) is 17.8 Å². The van der Waals surface area contributed by atoms with Gasteiger partial charge in [0.25, 0.3) is 0 Å². The predicted octanol–water partition coefficient (Wildman–Crippen LogP) is 2.29. The van der Waals surface area contributed by atoms with E-state index < -0.39 is 0 Å². The molecule has 1 aliphatic rings. The van der Waals surface area contributed by atoms with Gasteiger partial charge in [-0.15, -0.1) is 10.2 Å². The summed E-state index contributed by atoms with van der Waals surface area (Å²) in [7, 11) is 0. The average Bonchev–Trinajstić information content (AvgIpc) is 2.87. The third-order valence-electron chi connectivity index (χ3n) is 3.61. The molecule has 2 N–H and O–H groups in total. The minimum atomic E-state index is 0.336. The van der Waals surface area contributed by atoms with E-state index in [4.69, 9.17) is 10.8 Å². The van der Waals surface area contributed by atoms with Crippen LogP contribution in [0.2, 0.25) is 0 Å². The molecule has 5 nitrogen and oxygen atoms in total. The summed E-state index contributed by atoms with van der Waals surface area (Å²) >= 11 is 1.67. The molecule has 2 aromatic rings. The van der Waals surface area contributed by atoms with E-state index in [-0.39, 0.29) is 0 Å². The molecule has 3 rings (SSSR count). The number of hydrogen-bond acceptors (Lipinski definition) is 5. The van der Waals surface area contributed by atoms with Crippen molar-refractivity contribution in [2.75, 3.05) is 0 Å². The SMILES string of the molecule is CC(C)c1nnc2sc(C3CCCC(N)C3)nn12. The van der Waals surface area contributed by atoms with E-state index >= 15 is 0 Å². The summed E-state index contributed by atoms with van der Waals surface area (Å²) in [6.07, 6.45) is 4.62. The molecule has 0 amide bonds. The lowest BCUT2D eigenvalue weighted by atomic mass is 9.87. The van der Waals surface area contributed by atoms with Crippen LogP contribution in [-0.2, 0) is 0 Å². The Balaban J connectivity index is 1.93. The lowest BCUT2D eigenvalue weighted by Crippen LogP contribution is -2.26. The molecule has 0 saturated heterocycles. The fraction of sp³-hybridized carbons (Fsp3) is 0.750. The smallest absolute Gasteiger partial charge is 0.234 e. The monoisotopic (exact) mass is 265 g/mol. The van der Waals surface area contributed by atoms with Crippen molar-refractivity contribution in [1.29, 1.82) is 0 Å². The lowest BCUT2D eigenvalue weighted by Gasteiger charge is -2.24. The zero-order valence-electron chi connectivity index (χ0n) is 10.8. The number of nitrogens with two attached hydrogens (primary N) is 1. The minimum absolute atomic E-state index is 0.336. The quantitative estimate of drug-likeness (QED) is 0.904. The van der Waals surface area contributed by atoms with Gasteiger partial charge in [0.15, 0.2) is 5.82 Å². The molecule has 2 unspecified atom stereocenters. The van der Waals surface area contributed by atoms with Gasteiger partial charge in [0.2, 0.25) is 4.96 Å². The third kappa shape index (κ3) is 2.03. The van der Waals surface area contributed by atoms with Crippen LogP contribution in [0.25, 0.3) is 4.96 Å². The Hall–Kier alpha value is -1.01. The second kappa shape index (κ2) is 4.59. The molecular weight excluding hydrogens is 246 g/mol. The first-order chi connectivity index (χ1) is 8.65. The molecule has 18 heavy (non-hydrogen) atoms. The molecule has 0 aliphatic heterocycles. The van der Waals surface area contributed by atoms with Crippen molar-refractivity contribution in [2.24, 2.45) is 5.73 Å². The second-order valence-corrected chi connectivity index (χ2v) is 6.46.